The first-order chi connectivity index (χ1) is 36.4. The summed E-state index contributed by atoms with van der Waals surface area (Å²) in [7, 11) is 1.65. The van der Waals surface area contributed by atoms with Crippen LogP contribution in [0.15, 0.2) is 179 Å². The number of nitrogens with zero attached hydrogens (tertiary/aromatic N) is 5. The van der Waals surface area contributed by atoms with E-state index >= 15 is 0 Å². The fourth-order valence-electron chi connectivity index (χ4n) is 6.87. The zero-order valence-electron chi connectivity index (χ0n) is 45.1. The van der Waals surface area contributed by atoms with Crippen LogP contribution in [0.3, 0.4) is 0 Å². The van der Waals surface area contributed by atoms with Crippen LogP contribution >= 0.6 is 38.5 Å². The SMILES string of the molecule is CC(C)c1cc(-c2ccc(Br)cc2)no1.CC(C)c1cc(-c2ccc(I)cc2)no1.CC(C)c1cc(-c2ccccc2F)no1.COc1ccc(-c2cc(C(C)C)on2)cc1.Cc1ccc(-c2cc(C(C)C)on2)cc1. The molecule has 76 heavy (non-hydrogen) atoms. The molecule has 5 aromatic carbocycles. The lowest BCUT2D eigenvalue weighted by atomic mass is 10.1. The summed E-state index contributed by atoms with van der Waals surface area (Å²) in [6.45, 7) is 22.8. The van der Waals surface area contributed by atoms with Crippen LogP contribution in [0.1, 0.15) is 133 Å². The van der Waals surface area contributed by atoms with Crippen LogP contribution in [0.25, 0.3) is 56.3 Å². The molecule has 396 valence electrons. The maximum Gasteiger partial charge on any atom is 0.139 e. The van der Waals surface area contributed by atoms with E-state index in [9.17, 15) is 4.39 Å². The summed E-state index contributed by atoms with van der Waals surface area (Å²) in [5.74, 6) is 6.81. The minimum absolute atomic E-state index is 0.262. The summed E-state index contributed by atoms with van der Waals surface area (Å²) in [5.41, 5.74) is 10.2. The predicted molar refractivity (Wildman–Crippen MR) is 312 cm³/mol. The van der Waals surface area contributed by atoms with Gasteiger partial charge in [0.05, 0.1) is 7.11 Å². The molecule has 5 heterocycles. The highest BCUT2D eigenvalue weighted by molar-refractivity contribution is 14.1. The van der Waals surface area contributed by atoms with Crippen molar-refractivity contribution in [3.63, 3.8) is 0 Å². The normalized spacial score (nSPS) is 10.9. The molecule has 10 aromatic rings. The fraction of sp³-hybridized carbons (Fsp3) is 0.274. The fourth-order valence-corrected chi connectivity index (χ4v) is 7.50. The Bertz CT molecular complexity index is 3070. The lowest BCUT2D eigenvalue weighted by molar-refractivity contribution is 0.372. The molecule has 0 aliphatic heterocycles. The van der Waals surface area contributed by atoms with E-state index in [1.54, 1.807) is 31.4 Å². The van der Waals surface area contributed by atoms with Crippen molar-refractivity contribution in [1.82, 2.24) is 25.8 Å². The number of hydrogen-bond donors (Lipinski definition) is 0. The molecule has 0 amide bonds. The predicted octanol–water partition coefficient (Wildman–Crippen LogP) is 19.1. The van der Waals surface area contributed by atoms with Crippen molar-refractivity contribution in [2.75, 3.05) is 7.11 Å². The van der Waals surface area contributed by atoms with E-state index in [0.29, 0.717) is 34.9 Å². The second-order valence-corrected chi connectivity index (χ2v) is 21.6. The highest BCUT2D eigenvalue weighted by Crippen LogP contribution is 2.29. The minimum atomic E-state index is -0.277. The Morgan fingerprint density at radius 3 is 1.05 bits per heavy atom. The van der Waals surface area contributed by atoms with Gasteiger partial charge in [-0.2, -0.15) is 0 Å². The third-order valence-corrected chi connectivity index (χ3v) is 12.9. The molecule has 0 saturated carbocycles. The van der Waals surface area contributed by atoms with E-state index in [2.05, 4.69) is 175 Å². The Hall–Kier alpha value is -6.91. The first-order valence-electron chi connectivity index (χ1n) is 25.2. The van der Waals surface area contributed by atoms with E-state index in [1.165, 1.54) is 15.2 Å². The Balaban J connectivity index is 0.000000154. The summed E-state index contributed by atoms with van der Waals surface area (Å²) in [4.78, 5) is 0. The van der Waals surface area contributed by atoms with Crippen LogP contribution in [-0.4, -0.2) is 32.9 Å². The van der Waals surface area contributed by atoms with Crippen molar-refractivity contribution in [3.8, 4) is 62.0 Å². The van der Waals surface area contributed by atoms with Gasteiger partial charge in [-0.05, 0) is 90.2 Å². The van der Waals surface area contributed by atoms with Crippen molar-refractivity contribution in [2.45, 2.75) is 106 Å². The summed E-state index contributed by atoms with van der Waals surface area (Å²) < 4.78 is 46.9. The van der Waals surface area contributed by atoms with Crippen molar-refractivity contribution in [3.05, 3.63) is 200 Å². The number of ether oxygens (including phenoxy) is 1. The molecule has 0 bridgehead atoms. The molecule has 0 spiro atoms. The monoisotopic (exact) mass is 1200 g/mol. The van der Waals surface area contributed by atoms with Crippen LogP contribution in [0.2, 0.25) is 0 Å². The molecule has 5 aromatic heterocycles. The number of rotatable bonds is 11. The Morgan fingerprint density at radius 2 is 0.724 bits per heavy atom. The van der Waals surface area contributed by atoms with E-state index in [1.807, 2.05) is 86.6 Å². The molecule has 0 atom stereocenters. The van der Waals surface area contributed by atoms with Gasteiger partial charge in [0.1, 0.15) is 68.8 Å². The molecular weight excluding hydrogens is 1140 g/mol. The minimum Gasteiger partial charge on any atom is -0.497 e. The van der Waals surface area contributed by atoms with Crippen molar-refractivity contribution >= 4 is 38.5 Å². The lowest BCUT2D eigenvalue weighted by Gasteiger charge is -1.99. The quantitative estimate of drug-likeness (QED) is 0.114. The molecule has 14 heteroatoms. The summed E-state index contributed by atoms with van der Waals surface area (Å²) >= 11 is 5.69. The molecule has 11 nitrogen and oxygen atoms in total. The van der Waals surface area contributed by atoms with E-state index < -0.39 is 0 Å². The molecule has 0 fully saturated rings. The molecule has 0 aliphatic rings. The van der Waals surface area contributed by atoms with Crippen molar-refractivity contribution < 1.29 is 31.7 Å². The largest absolute Gasteiger partial charge is 0.497 e. The third kappa shape index (κ3) is 17.1. The Morgan fingerprint density at radius 1 is 0.421 bits per heavy atom. The number of aromatic nitrogens is 5. The zero-order valence-corrected chi connectivity index (χ0v) is 48.9. The summed E-state index contributed by atoms with van der Waals surface area (Å²) in [6.07, 6.45) is 0. The van der Waals surface area contributed by atoms with E-state index in [4.69, 9.17) is 27.4 Å². The average Bonchev–Trinajstić information content (AvgIpc) is 4.28. The average molecular weight is 1200 g/mol. The topological polar surface area (TPSA) is 139 Å². The van der Waals surface area contributed by atoms with Gasteiger partial charge >= 0.3 is 0 Å². The number of benzene rings is 5. The van der Waals surface area contributed by atoms with Gasteiger partial charge in [0, 0.05) is 95.8 Å². The van der Waals surface area contributed by atoms with Gasteiger partial charge in [-0.3, -0.25) is 0 Å². The Kier molecular flexibility index (Phi) is 21.7. The first kappa shape index (κ1) is 58.4. The van der Waals surface area contributed by atoms with Crippen LogP contribution in [-0.2, 0) is 0 Å². The second kappa shape index (κ2) is 28.3. The van der Waals surface area contributed by atoms with Crippen molar-refractivity contribution in [2.24, 2.45) is 0 Å². The first-order valence-corrected chi connectivity index (χ1v) is 27.1. The molecule has 0 aliphatic carbocycles. The maximum atomic E-state index is 13.4. The maximum absolute atomic E-state index is 13.4. The van der Waals surface area contributed by atoms with E-state index in [0.717, 1.165) is 84.1 Å². The van der Waals surface area contributed by atoms with Gasteiger partial charge in [0.25, 0.3) is 0 Å². The summed E-state index contributed by atoms with van der Waals surface area (Å²) in [5, 5.41) is 20.1. The number of hydrogen-bond acceptors (Lipinski definition) is 11. The molecule has 0 radical (unpaired) electrons. The van der Waals surface area contributed by atoms with Gasteiger partial charge in [-0.25, -0.2) is 4.39 Å². The van der Waals surface area contributed by atoms with Gasteiger partial charge in [0.15, 0.2) is 0 Å². The van der Waals surface area contributed by atoms with Gasteiger partial charge in [-0.1, -0.05) is 177 Å². The molecule has 10 rings (SSSR count). The Labute approximate surface area is 467 Å². The van der Waals surface area contributed by atoms with Crippen LogP contribution < -0.4 is 4.74 Å². The third-order valence-electron chi connectivity index (χ3n) is 11.6. The highest BCUT2D eigenvalue weighted by atomic mass is 127. The van der Waals surface area contributed by atoms with Gasteiger partial charge < -0.3 is 27.4 Å². The highest BCUT2D eigenvalue weighted by Gasteiger charge is 2.14. The van der Waals surface area contributed by atoms with Gasteiger partial charge in [0.2, 0.25) is 0 Å². The number of methoxy groups -OCH3 is 1. The number of aryl methyl sites for hydroxylation is 1. The smallest absolute Gasteiger partial charge is 0.139 e. The number of halogens is 3. The second-order valence-electron chi connectivity index (χ2n) is 19.4. The van der Waals surface area contributed by atoms with Crippen LogP contribution in [0.5, 0.6) is 5.75 Å². The van der Waals surface area contributed by atoms with Gasteiger partial charge in [-0.15, -0.1) is 0 Å². The van der Waals surface area contributed by atoms with E-state index in [-0.39, 0.29) is 11.7 Å². The molecular formula is C62H66BrFIN5O6. The zero-order chi connectivity index (χ0) is 54.9. The molecule has 0 saturated heterocycles. The molecule has 0 unspecified atom stereocenters. The summed E-state index contributed by atoms with van der Waals surface area (Å²) in [6, 6.07) is 48.7. The van der Waals surface area contributed by atoms with Crippen molar-refractivity contribution in [1.29, 1.82) is 0 Å². The van der Waals surface area contributed by atoms with Crippen LogP contribution in [0, 0.1) is 16.3 Å². The lowest BCUT2D eigenvalue weighted by Crippen LogP contribution is -1.83. The van der Waals surface area contributed by atoms with Crippen LogP contribution in [0.4, 0.5) is 4.39 Å². The molecule has 0 N–H and O–H groups in total. The standard InChI is InChI=1S/C13H15NO2.C13H15NO.C12H12BrNO.C12H12FNO.C12H12INO/c1-9(2)13-8-12(14-16-13)10-4-6-11(15-3)7-5-10;1-9(2)13-8-12(14-15-13)11-6-4-10(3)5-7-11;1-8(2)12-7-11(14-15-12)9-3-5-10(13)6-4-9;1-8(2)12-7-11(14-15-12)9-5-3-4-6-10(9)13;1-8(2)12-7-11(14-15-12)9-3-5-10(13)6-4-9/h4-9H,1-3H3;4-9H,1-3H3;3*3-8H,1-2H3.